The standard InChI is InChI=1S/C18H16BrFO6S/c1-26-17-14(19)6-4-12(16(17)18(22)23)10-27(24,25)15-7-5-13(20)9-11(15)3-2-8-21/h2-7,9,21H,8,10H2,1H3,(H,22,23). The third kappa shape index (κ3) is 4.74. The van der Waals surface area contributed by atoms with E-state index in [2.05, 4.69) is 15.9 Å². The number of carbonyl (C=O) groups is 1. The molecule has 0 aliphatic rings. The Kier molecular flexibility index (Phi) is 6.74. The number of aliphatic hydroxyl groups is 1. The van der Waals surface area contributed by atoms with E-state index < -0.39 is 27.4 Å². The van der Waals surface area contributed by atoms with Gasteiger partial charge in [-0.05, 0) is 51.3 Å². The molecule has 0 atom stereocenters. The minimum absolute atomic E-state index is 0.00899. The molecule has 0 radical (unpaired) electrons. The van der Waals surface area contributed by atoms with Gasteiger partial charge in [-0.3, -0.25) is 0 Å². The summed E-state index contributed by atoms with van der Waals surface area (Å²) in [6.07, 6.45) is 2.56. The molecule has 0 bridgehead atoms. The molecule has 0 aromatic heterocycles. The van der Waals surface area contributed by atoms with Gasteiger partial charge in [0, 0.05) is 0 Å². The summed E-state index contributed by atoms with van der Waals surface area (Å²) < 4.78 is 44.7. The second kappa shape index (κ2) is 8.64. The zero-order valence-corrected chi connectivity index (χ0v) is 16.5. The van der Waals surface area contributed by atoms with Crippen molar-refractivity contribution in [3.05, 3.63) is 63.4 Å². The van der Waals surface area contributed by atoms with E-state index in [9.17, 15) is 22.7 Å². The highest BCUT2D eigenvalue weighted by Gasteiger charge is 2.25. The molecule has 0 unspecified atom stereocenters. The fourth-order valence-electron chi connectivity index (χ4n) is 2.55. The predicted molar refractivity (Wildman–Crippen MR) is 101 cm³/mol. The van der Waals surface area contributed by atoms with E-state index in [4.69, 9.17) is 9.84 Å². The van der Waals surface area contributed by atoms with Gasteiger partial charge in [-0.2, -0.15) is 0 Å². The van der Waals surface area contributed by atoms with Crippen LogP contribution in [-0.4, -0.2) is 38.3 Å². The number of carboxylic acid groups (broad SMARTS) is 1. The van der Waals surface area contributed by atoms with Crippen LogP contribution in [0.3, 0.4) is 0 Å². The van der Waals surface area contributed by atoms with Crippen molar-refractivity contribution < 1.29 is 32.6 Å². The zero-order valence-electron chi connectivity index (χ0n) is 14.1. The normalized spacial score (nSPS) is 11.7. The van der Waals surface area contributed by atoms with Crippen LogP contribution >= 0.6 is 15.9 Å². The van der Waals surface area contributed by atoms with Crippen molar-refractivity contribution in [2.45, 2.75) is 10.6 Å². The van der Waals surface area contributed by atoms with Crippen LogP contribution in [0.5, 0.6) is 5.75 Å². The van der Waals surface area contributed by atoms with Gasteiger partial charge < -0.3 is 14.9 Å². The van der Waals surface area contributed by atoms with Gasteiger partial charge in [-0.15, -0.1) is 0 Å². The van der Waals surface area contributed by atoms with E-state index >= 15 is 0 Å². The first kappa shape index (κ1) is 21.1. The molecule has 144 valence electrons. The average molecular weight is 459 g/mol. The summed E-state index contributed by atoms with van der Waals surface area (Å²) in [5, 5.41) is 18.4. The fourth-order valence-corrected chi connectivity index (χ4v) is 4.61. The Hall–Kier alpha value is -2.23. The molecule has 0 spiro atoms. The van der Waals surface area contributed by atoms with Gasteiger partial charge in [0.2, 0.25) is 0 Å². The minimum atomic E-state index is -4.02. The highest BCUT2D eigenvalue weighted by molar-refractivity contribution is 9.10. The van der Waals surface area contributed by atoms with Crippen LogP contribution in [-0.2, 0) is 15.6 Å². The highest BCUT2D eigenvalue weighted by Crippen LogP contribution is 2.33. The first-order chi connectivity index (χ1) is 12.7. The number of rotatable bonds is 7. The summed E-state index contributed by atoms with van der Waals surface area (Å²) in [5.41, 5.74) is -0.182. The van der Waals surface area contributed by atoms with Crippen molar-refractivity contribution in [1.82, 2.24) is 0 Å². The third-order valence-corrected chi connectivity index (χ3v) is 6.03. The van der Waals surface area contributed by atoms with Crippen molar-refractivity contribution in [1.29, 1.82) is 0 Å². The lowest BCUT2D eigenvalue weighted by Crippen LogP contribution is -2.12. The number of carboxylic acids is 1. The van der Waals surface area contributed by atoms with Gasteiger partial charge in [0.1, 0.15) is 17.1 Å². The molecule has 0 saturated carbocycles. The number of hydrogen-bond acceptors (Lipinski definition) is 5. The molecule has 6 nitrogen and oxygen atoms in total. The van der Waals surface area contributed by atoms with Gasteiger partial charge in [-0.25, -0.2) is 17.6 Å². The quantitative estimate of drug-likeness (QED) is 0.617. The number of methoxy groups -OCH3 is 1. The highest BCUT2D eigenvalue weighted by atomic mass is 79.9. The molecular weight excluding hydrogens is 443 g/mol. The third-order valence-electron chi connectivity index (χ3n) is 3.67. The molecule has 0 saturated heterocycles. The van der Waals surface area contributed by atoms with E-state index in [0.717, 1.165) is 18.2 Å². The van der Waals surface area contributed by atoms with Crippen LogP contribution < -0.4 is 4.74 Å². The van der Waals surface area contributed by atoms with Crippen LogP contribution in [0.15, 0.2) is 45.8 Å². The number of sulfone groups is 1. The topological polar surface area (TPSA) is 101 Å². The summed E-state index contributed by atoms with van der Waals surface area (Å²) in [4.78, 5) is 11.5. The molecule has 2 aromatic rings. The number of hydrogen-bond donors (Lipinski definition) is 2. The molecule has 2 aromatic carbocycles. The van der Waals surface area contributed by atoms with Gasteiger partial charge in [0.25, 0.3) is 0 Å². The van der Waals surface area contributed by atoms with E-state index in [1.807, 2.05) is 0 Å². The first-order valence-corrected chi connectivity index (χ1v) is 10.0. The van der Waals surface area contributed by atoms with Crippen molar-refractivity contribution >= 4 is 37.8 Å². The molecule has 9 heteroatoms. The lowest BCUT2D eigenvalue weighted by atomic mass is 10.1. The number of halogens is 2. The Labute approximate surface area is 164 Å². The van der Waals surface area contributed by atoms with Gasteiger partial charge in [-0.1, -0.05) is 18.2 Å². The Balaban J connectivity index is 2.59. The van der Waals surface area contributed by atoms with Crippen molar-refractivity contribution in [2.24, 2.45) is 0 Å². The Bertz CT molecular complexity index is 1000. The summed E-state index contributed by atoms with van der Waals surface area (Å²) in [5.74, 6) is -2.58. The molecular formula is C18H16BrFO6S. The van der Waals surface area contributed by atoms with Crippen LogP contribution in [0.2, 0.25) is 0 Å². The van der Waals surface area contributed by atoms with E-state index in [1.54, 1.807) is 0 Å². The summed E-state index contributed by atoms with van der Waals surface area (Å²) in [6.45, 7) is -0.344. The number of ether oxygens (including phenoxy) is 1. The van der Waals surface area contributed by atoms with Crippen LogP contribution in [0, 0.1) is 5.82 Å². The summed E-state index contributed by atoms with van der Waals surface area (Å²) in [6, 6.07) is 6.01. The molecule has 0 heterocycles. The summed E-state index contributed by atoms with van der Waals surface area (Å²) in [7, 11) is -2.74. The second-order valence-electron chi connectivity index (χ2n) is 5.45. The fraction of sp³-hybridized carbons (Fsp3) is 0.167. The minimum Gasteiger partial charge on any atom is -0.495 e. The molecule has 27 heavy (non-hydrogen) atoms. The Morgan fingerprint density at radius 1 is 1.30 bits per heavy atom. The van der Waals surface area contributed by atoms with Gasteiger partial charge in [0.15, 0.2) is 9.84 Å². The first-order valence-electron chi connectivity index (χ1n) is 7.59. The molecule has 2 rings (SSSR count). The molecule has 0 fully saturated rings. The van der Waals surface area contributed by atoms with Crippen molar-refractivity contribution in [3.8, 4) is 5.75 Å². The van der Waals surface area contributed by atoms with Gasteiger partial charge >= 0.3 is 5.97 Å². The summed E-state index contributed by atoms with van der Waals surface area (Å²) >= 11 is 3.17. The van der Waals surface area contributed by atoms with Gasteiger partial charge in [0.05, 0.1) is 28.8 Å². The van der Waals surface area contributed by atoms with E-state index in [1.165, 1.54) is 31.4 Å². The van der Waals surface area contributed by atoms with Crippen LogP contribution in [0.25, 0.3) is 6.08 Å². The maximum absolute atomic E-state index is 13.5. The number of aromatic carboxylic acids is 1. The van der Waals surface area contributed by atoms with E-state index in [-0.39, 0.29) is 33.9 Å². The smallest absolute Gasteiger partial charge is 0.339 e. The number of aliphatic hydroxyl groups excluding tert-OH is 1. The second-order valence-corrected chi connectivity index (χ2v) is 8.26. The average Bonchev–Trinajstić information content (AvgIpc) is 2.60. The predicted octanol–water partition coefficient (Wildman–Crippen LogP) is 3.27. The SMILES string of the molecule is COc1c(Br)ccc(CS(=O)(=O)c2ccc(F)cc2C=CCO)c1C(=O)O. The zero-order chi connectivity index (χ0) is 20.2. The van der Waals surface area contributed by atoms with Crippen molar-refractivity contribution in [2.75, 3.05) is 13.7 Å². The van der Waals surface area contributed by atoms with Crippen LogP contribution in [0.4, 0.5) is 4.39 Å². The molecule has 2 N–H and O–H groups in total. The maximum Gasteiger partial charge on any atom is 0.339 e. The lowest BCUT2D eigenvalue weighted by Gasteiger charge is -2.14. The Morgan fingerprint density at radius 3 is 2.59 bits per heavy atom. The monoisotopic (exact) mass is 458 g/mol. The van der Waals surface area contributed by atoms with Crippen LogP contribution in [0.1, 0.15) is 21.5 Å². The molecule has 0 aliphatic carbocycles. The lowest BCUT2D eigenvalue weighted by molar-refractivity contribution is 0.0692. The van der Waals surface area contributed by atoms with E-state index in [0.29, 0.717) is 4.47 Å². The largest absolute Gasteiger partial charge is 0.495 e. The maximum atomic E-state index is 13.5. The van der Waals surface area contributed by atoms with Crippen molar-refractivity contribution in [3.63, 3.8) is 0 Å². The Morgan fingerprint density at radius 2 is 2.00 bits per heavy atom. The molecule has 0 aliphatic heterocycles. The number of benzene rings is 2. The molecule has 0 amide bonds.